The highest BCUT2D eigenvalue weighted by Crippen LogP contribution is 2.48. The van der Waals surface area contributed by atoms with Crippen LogP contribution in [0.4, 0.5) is 13.2 Å². The van der Waals surface area contributed by atoms with E-state index in [9.17, 15) is 18.3 Å². The fraction of sp³-hybridized carbons (Fsp3) is 0.500. The Kier molecular flexibility index (Phi) is 3.17. The molecule has 1 heterocycles. The predicted octanol–water partition coefficient (Wildman–Crippen LogP) is 1.78. The molecule has 1 fully saturated rings. The van der Waals surface area contributed by atoms with Crippen LogP contribution in [0, 0.1) is 11.9 Å². The molecule has 0 saturated heterocycles. The van der Waals surface area contributed by atoms with Gasteiger partial charge in [0.1, 0.15) is 5.54 Å². The SMILES string of the molecule is N[C@@](c1cc(Br)cnc1F)(C(F)F)[C@H]1CC1O. The second-order valence-corrected chi connectivity index (χ2v) is 5.05. The second kappa shape index (κ2) is 4.22. The van der Waals surface area contributed by atoms with Crippen molar-refractivity contribution in [2.45, 2.75) is 24.5 Å². The van der Waals surface area contributed by atoms with E-state index in [-0.39, 0.29) is 12.0 Å². The van der Waals surface area contributed by atoms with Crippen LogP contribution in [-0.2, 0) is 5.54 Å². The standard InChI is InChI=1S/C10H10BrF3N2O/c11-4-1-6(8(12)16-3-4)10(15,9(13)14)5-2-7(5)17/h1,3,5,7,9,17H,2,15H2/t5-,7?,10-/m0/s1. The minimum Gasteiger partial charge on any atom is -0.393 e. The Morgan fingerprint density at radius 3 is 2.65 bits per heavy atom. The van der Waals surface area contributed by atoms with E-state index in [4.69, 9.17) is 5.73 Å². The molecule has 3 N–H and O–H groups in total. The number of nitrogens with zero attached hydrogens (tertiary/aromatic N) is 1. The van der Waals surface area contributed by atoms with Gasteiger partial charge in [-0.1, -0.05) is 0 Å². The second-order valence-electron chi connectivity index (χ2n) is 4.14. The maximum absolute atomic E-state index is 13.5. The topological polar surface area (TPSA) is 59.1 Å². The molecule has 0 spiro atoms. The third kappa shape index (κ3) is 2.07. The zero-order valence-electron chi connectivity index (χ0n) is 8.58. The number of pyridine rings is 1. The van der Waals surface area contributed by atoms with Gasteiger partial charge in [0.05, 0.1) is 6.10 Å². The Morgan fingerprint density at radius 2 is 2.18 bits per heavy atom. The molecule has 17 heavy (non-hydrogen) atoms. The Morgan fingerprint density at radius 1 is 1.59 bits per heavy atom. The molecular formula is C10H10BrF3N2O. The zero-order valence-corrected chi connectivity index (χ0v) is 10.2. The molecule has 0 amide bonds. The van der Waals surface area contributed by atoms with Gasteiger partial charge in [0, 0.05) is 22.2 Å². The first-order chi connectivity index (χ1) is 7.87. The molecule has 1 aromatic rings. The highest BCUT2D eigenvalue weighted by Gasteiger charge is 2.57. The Labute approximate surface area is 104 Å². The van der Waals surface area contributed by atoms with Crippen molar-refractivity contribution in [3.8, 4) is 0 Å². The smallest absolute Gasteiger partial charge is 0.260 e. The summed E-state index contributed by atoms with van der Waals surface area (Å²) in [5.74, 6) is -1.87. The van der Waals surface area contributed by atoms with Gasteiger partial charge in [-0.25, -0.2) is 13.8 Å². The van der Waals surface area contributed by atoms with Crippen LogP contribution < -0.4 is 5.73 Å². The summed E-state index contributed by atoms with van der Waals surface area (Å²) in [5.41, 5.74) is 3.05. The van der Waals surface area contributed by atoms with Gasteiger partial charge in [-0.2, -0.15) is 4.39 Å². The van der Waals surface area contributed by atoms with Crippen molar-refractivity contribution in [2.75, 3.05) is 0 Å². The summed E-state index contributed by atoms with van der Waals surface area (Å²) in [6.45, 7) is 0. The van der Waals surface area contributed by atoms with Gasteiger partial charge >= 0.3 is 0 Å². The lowest BCUT2D eigenvalue weighted by Crippen LogP contribution is -2.48. The van der Waals surface area contributed by atoms with Gasteiger partial charge in [-0.3, -0.25) is 0 Å². The van der Waals surface area contributed by atoms with Crippen LogP contribution in [0.3, 0.4) is 0 Å². The quantitative estimate of drug-likeness (QED) is 0.837. The molecule has 0 aliphatic heterocycles. The minimum absolute atomic E-state index is 0.146. The molecule has 3 nitrogen and oxygen atoms in total. The molecule has 0 aromatic carbocycles. The van der Waals surface area contributed by atoms with Gasteiger partial charge in [0.25, 0.3) is 6.43 Å². The average molecular weight is 311 g/mol. The molecule has 0 bridgehead atoms. The average Bonchev–Trinajstić information content (AvgIpc) is 2.98. The first-order valence-electron chi connectivity index (χ1n) is 4.94. The van der Waals surface area contributed by atoms with E-state index in [1.54, 1.807) is 0 Å². The van der Waals surface area contributed by atoms with Crippen LogP contribution in [0.5, 0.6) is 0 Å². The van der Waals surface area contributed by atoms with Crippen LogP contribution in [0.15, 0.2) is 16.7 Å². The lowest BCUT2D eigenvalue weighted by molar-refractivity contribution is 0.0257. The summed E-state index contributed by atoms with van der Waals surface area (Å²) < 4.78 is 40.1. The number of alkyl halides is 2. The molecule has 1 aliphatic rings. The molecule has 1 unspecified atom stereocenters. The largest absolute Gasteiger partial charge is 0.393 e. The first kappa shape index (κ1) is 12.8. The third-order valence-electron chi connectivity index (χ3n) is 3.00. The maximum atomic E-state index is 13.5. The van der Waals surface area contributed by atoms with Crippen molar-refractivity contribution in [3.63, 3.8) is 0 Å². The molecular weight excluding hydrogens is 301 g/mol. The van der Waals surface area contributed by atoms with Crippen molar-refractivity contribution in [2.24, 2.45) is 11.7 Å². The Balaban J connectivity index is 2.49. The molecule has 7 heteroatoms. The number of aromatic nitrogens is 1. The predicted molar refractivity (Wildman–Crippen MR) is 57.9 cm³/mol. The number of aliphatic hydroxyl groups excluding tert-OH is 1. The van der Waals surface area contributed by atoms with Crippen molar-refractivity contribution >= 4 is 15.9 Å². The van der Waals surface area contributed by atoms with E-state index in [0.717, 1.165) is 6.20 Å². The molecule has 2 rings (SSSR count). The molecule has 94 valence electrons. The van der Waals surface area contributed by atoms with Gasteiger partial charge in [0.15, 0.2) is 0 Å². The maximum Gasteiger partial charge on any atom is 0.260 e. The Bertz CT molecular complexity index is 446. The number of halogens is 4. The fourth-order valence-corrected chi connectivity index (χ4v) is 2.23. The number of hydrogen-bond acceptors (Lipinski definition) is 3. The number of aliphatic hydroxyl groups is 1. The van der Waals surface area contributed by atoms with Gasteiger partial charge in [-0.05, 0) is 28.4 Å². The number of rotatable bonds is 3. The minimum atomic E-state index is -2.98. The summed E-state index contributed by atoms with van der Waals surface area (Å²) >= 11 is 3.03. The van der Waals surface area contributed by atoms with E-state index in [1.165, 1.54) is 6.07 Å². The van der Waals surface area contributed by atoms with Crippen molar-refractivity contribution < 1.29 is 18.3 Å². The number of nitrogens with two attached hydrogens (primary N) is 1. The summed E-state index contributed by atoms with van der Waals surface area (Å²) in [5, 5.41) is 9.26. The summed E-state index contributed by atoms with van der Waals surface area (Å²) in [6, 6.07) is 1.18. The molecule has 0 radical (unpaired) electrons. The van der Waals surface area contributed by atoms with E-state index >= 15 is 0 Å². The third-order valence-corrected chi connectivity index (χ3v) is 3.44. The van der Waals surface area contributed by atoms with E-state index in [2.05, 4.69) is 20.9 Å². The van der Waals surface area contributed by atoms with Gasteiger partial charge in [-0.15, -0.1) is 0 Å². The van der Waals surface area contributed by atoms with E-state index in [1.807, 2.05) is 0 Å². The van der Waals surface area contributed by atoms with E-state index in [0.29, 0.717) is 4.47 Å². The van der Waals surface area contributed by atoms with Gasteiger partial charge in [0.2, 0.25) is 5.95 Å². The zero-order chi connectivity index (χ0) is 12.8. The summed E-state index contributed by atoms with van der Waals surface area (Å²) in [7, 11) is 0. The van der Waals surface area contributed by atoms with Crippen LogP contribution in [-0.4, -0.2) is 22.6 Å². The van der Waals surface area contributed by atoms with Gasteiger partial charge < -0.3 is 10.8 Å². The lowest BCUT2D eigenvalue weighted by Gasteiger charge is -2.29. The van der Waals surface area contributed by atoms with Crippen LogP contribution in [0.25, 0.3) is 0 Å². The Hall–Kier alpha value is -0.660. The summed E-state index contributed by atoms with van der Waals surface area (Å²) in [6.07, 6.45) is -2.58. The van der Waals surface area contributed by atoms with Crippen LogP contribution >= 0.6 is 15.9 Å². The molecule has 1 saturated carbocycles. The fourth-order valence-electron chi connectivity index (χ4n) is 1.90. The van der Waals surface area contributed by atoms with E-state index < -0.39 is 29.9 Å². The number of hydrogen-bond donors (Lipinski definition) is 2. The highest BCUT2D eigenvalue weighted by atomic mass is 79.9. The molecule has 1 aromatic heterocycles. The lowest BCUT2D eigenvalue weighted by atomic mass is 9.87. The van der Waals surface area contributed by atoms with Crippen LogP contribution in [0.1, 0.15) is 12.0 Å². The molecule has 1 aliphatic carbocycles. The first-order valence-corrected chi connectivity index (χ1v) is 5.73. The monoisotopic (exact) mass is 310 g/mol. The summed E-state index contributed by atoms with van der Waals surface area (Å²) in [4.78, 5) is 3.35. The van der Waals surface area contributed by atoms with Crippen molar-refractivity contribution in [3.05, 3.63) is 28.2 Å². The highest BCUT2D eigenvalue weighted by molar-refractivity contribution is 9.10. The normalized spacial score (nSPS) is 27.0. The molecule has 3 atom stereocenters. The van der Waals surface area contributed by atoms with Crippen molar-refractivity contribution in [1.82, 2.24) is 4.98 Å². The van der Waals surface area contributed by atoms with Crippen molar-refractivity contribution in [1.29, 1.82) is 0 Å². The van der Waals surface area contributed by atoms with Crippen LogP contribution in [0.2, 0.25) is 0 Å².